The molecule has 140 valence electrons. The van der Waals surface area contributed by atoms with Gasteiger partial charge in [0.25, 0.3) is 0 Å². The summed E-state index contributed by atoms with van der Waals surface area (Å²) in [5.74, 6) is 1.92. The van der Waals surface area contributed by atoms with E-state index >= 15 is 0 Å². The Balaban J connectivity index is 1.92. The van der Waals surface area contributed by atoms with Gasteiger partial charge in [-0.15, -0.1) is 0 Å². The largest absolute Gasteiger partial charge is 0.494 e. The molecule has 0 bridgehead atoms. The summed E-state index contributed by atoms with van der Waals surface area (Å²) in [7, 11) is 2.17. The first-order valence-electron chi connectivity index (χ1n) is 9.30. The van der Waals surface area contributed by atoms with Crippen LogP contribution in [0.15, 0.2) is 23.2 Å². The van der Waals surface area contributed by atoms with Crippen LogP contribution in [0, 0.1) is 0 Å². The molecule has 0 aromatic heterocycles. The van der Waals surface area contributed by atoms with Gasteiger partial charge in [0.2, 0.25) is 0 Å². The van der Waals surface area contributed by atoms with E-state index in [-0.39, 0.29) is 0 Å². The molecule has 0 radical (unpaired) electrons. The molecule has 0 atom stereocenters. The smallest absolute Gasteiger partial charge is 0.193 e. The lowest BCUT2D eigenvalue weighted by Crippen LogP contribution is -2.32. The van der Waals surface area contributed by atoms with Crippen LogP contribution in [-0.4, -0.2) is 50.3 Å². The number of nitrogens with zero attached hydrogens (tertiary/aromatic N) is 2. The lowest BCUT2D eigenvalue weighted by Gasteiger charge is -2.23. The van der Waals surface area contributed by atoms with Crippen LogP contribution in [0.5, 0.6) is 11.5 Å². The average Bonchev–Trinajstić information content (AvgIpc) is 3.12. The van der Waals surface area contributed by atoms with Gasteiger partial charge in [-0.3, -0.25) is 4.99 Å². The molecule has 0 heterocycles. The van der Waals surface area contributed by atoms with Gasteiger partial charge >= 0.3 is 0 Å². The minimum Gasteiger partial charge on any atom is -0.494 e. The Hall–Kier alpha value is -1.95. The van der Waals surface area contributed by atoms with E-state index in [9.17, 15) is 0 Å². The van der Waals surface area contributed by atoms with E-state index in [1.165, 1.54) is 25.7 Å². The molecule has 0 spiro atoms. The second-order valence-corrected chi connectivity index (χ2v) is 6.33. The molecule has 1 aromatic carbocycles. The summed E-state index contributed by atoms with van der Waals surface area (Å²) in [5.41, 5.74) is 6.83. The van der Waals surface area contributed by atoms with Gasteiger partial charge in [0.05, 0.1) is 25.4 Å². The number of aliphatic imine (C=N–C) groups is 1. The Bertz CT molecular complexity index is 556. The van der Waals surface area contributed by atoms with Crippen LogP contribution >= 0.6 is 0 Å². The fourth-order valence-corrected chi connectivity index (χ4v) is 3.18. The van der Waals surface area contributed by atoms with Crippen molar-refractivity contribution in [2.45, 2.75) is 45.6 Å². The average molecular weight is 348 g/mol. The van der Waals surface area contributed by atoms with Crippen molar-refractivity contribution in [2.75, 3.05) is 38.7 Å². The molecule has 1 fully saturated rings. The summed E-state index contributed by atoms with van der Waals surface area (Å²) in [6.45, 7) is 6.72. The number of nitrogens with two attached hydrogens (primary N) is 1. The first-order chi connectivity index (χ1) is 12.1. The molecule has 6 nitrogen and oxygen atoms in total. The Morgan fingerprint density at radius 3 is 2.64 bits per heavy atom. The number of benzene rings is 1. The van der Waals surface area contributed by atoms with Crippen LogP contribution in [0.4, 0.5) is 5.69 Å². The maximum absolute atomic E-state index is 6.06. The highest BCUT2D eigenvalue weighted by molar-refractivity contribution is 5.94. The van der Waals surface area contributed by atoms with Crippen LogP contribution in [-0.2, 0) is 0 Å². The molecule has 0 unspecified atom stereocenters. The number of hydrogen-bond acceptors (Lipinski definition) is 4. The SMILES string of the molecule is CCOc1ccc(OCC)c(NC(N)=NCCN(C)C2CCCC2)c1. The van der Waals surface area contributed by atoms with Crippen molar-refractivity contribution < 1.29 is 9.47 Å². The highest BCUT2D eigenvalue weighted by Crippen LogP contribution is 2.29. The molecule has 1 aliphatic rings. The summed E-state index contributed by atoms with van der Waals surface area (Å²) in [6.07, 6.45) is 5.29. The molecule has 0 amide bonds. The monoisotopic (exact) mass is 348 g/mol. The van der Waals surface area contributed by atoms with Gasteiger partial charge in [-0.25, -0.2) is 0 Å². The molecule has 1 aromatic rings. The third-order valence-corrected chi connectivity index (χ3v) is 4.51. The Morgan fingerprint density at radius 2 is 1.96 bits per heavy atom. The number of hydrogen-bond donors (Lipinski definition) is 2. The van der Waals surface area contributed by atoms with E-state index in [0.717, 1.165) is 23.7 Å². The normalized spacial score (nSPS) is 15.6. The van der Waals surface area contributed by atoms with Crippen molar-refractivity contribution >= 4 is 11.6 Å². The number of anilines is 1. The van der Waals surface area contributed by atoms with Gasteiger partial charge in [0.1, 0.15) is 11.5 Å². The fraction of sp³-hybridized carbons (Fsp3) is 0.632. The first kappa shape index (κ1) is 19.4. The number of likely N-dealkylation sites (N-methyl/N-ethyl adjacent to an activating group) is 1. The minimum atomic E-state index is 0.398. The van der Waals surface area contributed by atoms with Crippen LogP contribution in [0.25, 0.3) is 0 Å². The van der Waals surface area contributed by atoms with Crippen LogP contribution in [0.2, 0.25) is 0 Å². The zero-order valence-corrected chi connectivity index (χ0v) is 15.8. The van der Waals surface area contributed by atoms with E-state index in [1.807, 2.05) is 32.0 Å². The molecule has 1 saturated carbocycles. The Morgan fingerprint density at radius 1 is 1.24 bits per heavy atom. The predicted molar refractivity (Wildman–Crippen MR) is 104 cm³/mol. The molecule has 2 rings (SSSR count). The van der Waals surface area contributed by atoms with Crippen molar-refractivity contribution in [1.29, 1.82) is 0 Å². The molecule has 6 heteroatoms. The van der Waals surface area contributed by atoms with Crippen molar-refractivity contribution in [3.63, 3.8) is 0 Å². The van der Waals surface area contributed by atoms with Gasteiger partial charge in [0.15, 0.2) is 5.96 Å². The molecule has 1 aliphatic carbocycles. The van der Waals surface area contributed by atoms with Gasteiger partial charge in [0, 0.05) is 18.7 Å². The second-order valence-electron chi connectivity index (χ2n) is 6.33. The third kappa shape index (κ3) is 6.12. The minimum absolute atomic E-state index is 0.398. The quantitative estimate of drug-likeness (QED) is 0.530. The van der Waals surface area contributed by atoms with Crippen LogP contribution < -0.4 is 20.5 Å². The summed E-state index contributed by atoms with van der Waals surface area (Å²) in [6, 6.07) is 6.38. The maximum atomic E-state index is 6.06. The highest BCUT2D eigenvalue weighted by Gasteiger charge is 2.18. The van der Waals surface area contributed by atoms with E-state index in [0.29, 0.717) is 31.8 Å². The summed E-state index contributed by atoms with van der Waals surface area (Å²) >= 11 is 0. The zero-order valence-electron chi connectivity index (χ0n) is 15.8. The molecule has 0 saturated heterocycles. The molecular formula is C19H32N4O2. The van der Waals surface area contributed by atoms with Crippen molar-refractivity contribution in [3.05, 3.63) is 18.2 Å². The molecular weight excluding hydrogens is 316 g/mol. The van der Waals surface area contributed by atoms with E-state index < -0.39 is 0 Å². The van der Waals surface area contributed by atoms with Crippen molar-refractivity contribution in [3.8, 4) is 11.5 Å². The van der Waals surface area contributed by atoms with Crippen molar-refractivity contribution in [1.82, 2.24) is 4.90 Å². The molecule has 25 heavy (non-hydrogen) atoms. The molecule has 3 N–H and O–H groups in total. The number of guanidine groups is 1. The lowest BCUT2D eigenvalue weighted by atomic mass is 10.2. The maximum Gasteiger partial charge on any atom is 0.193 e. The van der Waals surface area contributed by atoms with Crippen LogP contribution in [0.1, 0.15) is 39.5 Å². The number of rotatable bonds is 9. The molecule has 0 aliphatic heterocycles. The standard InChI is InChI=1S/C19H32N4O2/c1-4-24-16-10-11-18(25-5-2)17(14-16)22-19(20)21-12-13-23(3)15-8-6-7-9-15/h10-11,14-15H,4-9,12-13H2,1-3H3,(H3,20,21,22). The summed E-state index contributed by atoms with van der Waals surface area (Å²) in [4.78, 5) is 6.85. The summed E-state index contributed by atoms with van der Waals surface area (Å²) < 4.78 is 11.2. The second kappa shape index (κ2) is 10.1. The number of ether oxygens (including phenoxy) is 2. The zero-order chi connectivity index (χ0) is 18.1. The Labute approximate surface area is 151 Å². The topological polar surface area (TPSA) is 72.1 Å². The van der Waals surface area contributed by atoms with Gasteiger partial charge in [-0.2, -0.15) is 0 Å². The van der Waals surface area contributed by atoms with Gasteiger partial charge < -0.3 is 25.4 Å². The Kier molecular flexibility index (Phi) is 7.85. The van der Waals surface area contributed by atoms with Crippen LogP contribution in [0.3, 0.4) is 0 Å². The van der Waals surface area contributed by atoms with Gasteiger partial charge in [-0.1, -0.05) is 12.8 Å². The van der Waals surface area contributed by atoms with Crippen molar-refractivity contribution in [2.24, 2.45) is 10.7 Å². The first-order valence-corrected chi connectivity index (χ1v) is 9.30. The number of nitrogens with one attached hydrogen (secondary N) is 1. The lowest BCUT2D eigenvalue weighted by molar-refractivity contribution is 0.252. The third-order valence-electron chi connectivity index (χ3n) is 4.51. The van der Waals surface area contributed by atoms with E-state index in [1.54, 1.807) is 0 Å². The fourth-order valence-electron chi connectivity index (χ4n) is 3.18. The van der Waals surface area contributed by atoms with Gasteiger partial charge in [-0.05, 0) is 45.9 Å². The van der Waals surface area contributed by atoms with E-state index in [2.05, 4.69) is 22.3 Å². The predicted octanol–water partition coefficient (Wildman–Crippen LogP) is 3.09. The summed E-state index contributed by atoms with van der Waals surface area (Å²) in [5, 5.41) is 3.14. The highest BCUT2D eigenvalue weighted by atomic mass is 16.5. The van der Waals surface area contributed by atoms with E-state index in [4.69, 9.17) is 15.2 Å².